The third-order valence-electron chi connectivity index (χ3n) is 5.79. The van der Waals surface area contributed by atoms with E-state index in [1.807, 2.05) is 26.0 Å². The lowest BCUT2D eigenvalue weighted by Gasteiger charge is -2.25. The number of hydrogen-bond donors (Lipinski definition) is 4. The summed E-state index contributed by atoms with van der Waals surface area (Å²) in [6.45, 7) is 4.73. The lowest BCUT2D eigenvalue weighted by atomic mass is 9.96. The molecule has 1 aliphatic rings. The predicted octanol–water partition coefficient (Wildman–Crippen LogP) is 2.91. The van der Waals surface area contributed by atoms with Gasteiger partial charge in [-0.05, 0) is 54.8 Å². The van der Waals surface area contributed by atoms with E-state index < -0.39 is 30.8 Å². The third-order valence-corrected chi connectivity index (χ3v) is 5.79. The van der Waals surface area contributed by atoms with Crippen LogP contribution in [0.4, 0.5) is 11.4 Å². The molecule has 0 aliphatic carbocycles. The highest BCUT2D eigenvalue weighted by atomic mass is 16.6. The highest BCUT2D eigenvalue weighted by Crippen LogP contribution is 2.35. The van der Waals surface area contributed by atoms with Crippen LogP contribution in [0.3, 0.4) is 0 Å². The maximum absolute atomic E-state index is 12.6. The molecular formula is C27H33N3O7. The second kappa shape index (κ2) is 12.5. The summed E-state index contributed by atoms with van der Waals surface area (Å²) in [6.07, 6.45) is -1.26. The number of benzene rings is 2. The molecule has 0 saturated heterocycles. The molecule has 1 heterocycles. The fourth-order valence-corrected chi connectivity index (χ4v) is 3.89. The number of amides is 2. The van der Waals surface area contributed by atoms with Crippen molar-refractivity contribution >= 4 is 40.5 Å². The minimum Gasteiger partial charge on any atom is -0.497 e. The molecule has 4 N–H and O–H groups in total. The molecule has 2 aromatic rings. The molecule has 0 saturated carbocycles. The number of aliphatic hydroxyl groups excluding tert-OH is 2. The molecule has 0 fully saturated rings. The van der Waals surface area contributed by atoms with E-state index in [9.17, 15) is 19.8 Å². The summed E-state index contributed by atoms with van der Waals surface area (Å²) in [4.78, 5) is 30.3. The second-order valence-corrected chi connectivity index (χ2v) is 8.97. The van der Waals surface area contributed by atoms with Crippen LogP contribution < -0.4 is 15.4 Å². The van der Waals surface area contributed by atoms with E-state index >= 15 is 0 Å². The number of methoxy groups -OCH3 is 2. The number of nitrogens with one attached hydrogen (secondary N) is 2. The standard InChI is InChI=1S/C27H33N3O7/c1-15(2)26(36-5)24(25(33)16(3)31)30-37-14-23(32)28-18-8-11-22-20(13-18)21(27(34)29-22)12-17-6-9-19(35-4)10-7-17/h6-13,15-16,25-26,31,33H,14H2,1-5H3,(H,28,32)(H,29,34)/b21-12-,30-24+/t16-,25+,26+/m1/s1. The first-order chi connectivity index (χ1) is 17.6. The molecular weight excluding hydrogens is 478 g/mol. The summed E-state index contributed by atoms with van der Waals surface area (Å²) in [7, 11) is 3.05. The predicted molar refractivity (Wildman–Crippen MR) is 141 cm³/mol. The highest BCUT2D eigenvalue weighted by molar-refractivity contribution is 6.35. The quantitative estimate of drug-likeness (QED) is 0.207. The topological polar surface area (TPSA) is 139 Å². The number of anilines is 2. The Bertz CT molecular complexity index is 1170. The number of carbonyl (C=O) groups is 2. The molecule has 0 unspecified atom stereocenters. The summed E-state index contributed by atoms with van der Waals surface area (Å²) in [6, 6.07) is 12.4. The molecule has 3 atom stereocenters. The van der Waals surface area contributed by atoms with Crippen LogP contribution in [0.1, 0.15) is 31.9 Å². The zero-order valence-corrected chi connectivity index (χ0v) is 21.5. The Labute approximate surface area is 215 Å². The van der Waals surface area contributed by atoms with Crippen LogP contribution in [0.15, 0.2) is 47.6 Å². The van der Waals surface area contributed by atoms with Crippen LogP contribution in [0.2, 0.25) is 0 Å². The zero-order valence-electron chi connectivity index (χ0n) is 21.5. The zero-order chi connectivity index (χ0) is 27.1. The van der Waals surface area contributed by atoms with Gasteiger partial charge in [0.05, 0.1) is 13.2 Å². The number of hydrogen-bond acceptors (Lipinski definition) is 8. The Morgan fingerprint density at radius 2 is 1.81 bits per heavy atom. The number of aliphatic hydroxyl groups is 2. The van der Waals surface area contributed by atoms with Crippen molar-refractivity contribution in [2.24, 2.45) is 11.1 Å². The van der Waals surface area contributed by atoms with Crippen LogP contribution in [0, 0.1) is 5.92 Å². The summed E-state index contributed by atoms with van der Waals surface area (Å²) < 4.78 is 10.6. The molecule has 10 nitrogen and oxygen atoms in total. The molecule has 198 valence electrons. The Balaban J connectivity index is 1.72. The fourth-order valence-electron chi connectivity index (χ4n) is 3.89. The van der Waals surface area contributed by atoms with Gasteiger partial charge >= 0.3 is 0 Å². The van der Waals surface area contributed by atoms with Crippen molar-refractivity contribution in [2.45, 2.75) is 39.1 Å². The molecule has 3 rings (SSSR count). The number of oxime groups is 1. The maximum atomic E-state index is 12.6. The van der Waals surface area contributed by atoms with Gasteiger partial charge in [-0.2, -0.15) is 0 Å². The normalized spacial score (nSPS) is 16.7. The molecule has 10 heteroatoms. The number of nitrogens with zero attached hydrogens (tertiary/aromatic N) is 1. The van der Waals surface area contributed by atoms with Crippen LogP contribution in [0.5, 0.6) is 5.75 Å². The van der Waals surface area contributed by atoms with E-state index in [0.29, 0.717) is 28.3 Å². The Morgan fingerprint density at radius 1 is 1.11 bits per heavy atom. The monoisotopic (exact) mass is 511 g/mol. The minimum atomic E-state index is -1.31. The lowest BCUT2D eigenvalue weighted by molar-refractivity contribution is -0.120. The van der Waals surface area contributed by atoms with Crippen molar-refractivity contribution in [3.05, 3.63) is 53.6 Å². The van der Waals surface area contributed by atoms with E-state index in [4.69, 9.17) is 14.3 Å². The van der Waals surface area contributed by atoms with E-state index in [0.717, 1.165) is 5.56 Å². The molecule has 1 aliphatic heterocycles. The van der Waals surface area contributed by atoms with E-state index in [2.05, 4.69) is 15.8 Å². The molecule has 2 amide bonds. The average molecular weight is 512 g/mol. The summed E-state index contributed by atoms with van der Waals surface area (Å²) in [5.41, 5.74) is 3.14. The van der Waals surface area contributed by atoms with Gasteiger partial charge in [0.15, 0.2) is 6.61 Å². The first-order valence-electron chi connectivity index (χ1n) is 11.8. The molecule has 0 radical (unpaired) electrons. The average Bonchev–Trinajstić information content (AvgIpc) is 3.17. The lowest BCUT2D eigenvalue weighted by Crippen LogP contribution is -2.42. The van der Waals surface area contributed by atoms with Gasteiger partial charge < -0.3 is 35.2 Å². The van der Waals surface area contributed by atoms with Crippen LogP contribution in [-0.2, 0) is 19.2 Å². The number of rotatable bonds is 11. The summed E-state index contributed by atoms with van der Waals surface area (Å²) in [5.74, 6) is -0.0815. The van der Waals surface area contributed by atoms with Gasteiger partial charge in [-0.25, -0.2) is 0 Å². The Hall–Kier alpha value is -3.73. The Morgan fingerprint density at radius 3 is 2.41 bits per heavy atom. The molecule has 37 heavy (non-hydrogen) atoms. The van der Waals surface area contributed by atoms with Crippen LogP contribution >= 0.6 is 0 Å². The van der Waals surface area contributed by atoms with Gasteiger partial charge in [-0.3, -0.25) is 9.59 Å². The SMILES string of the molecule is COc1ccc(/C=C2\C(=O)Nc3ccc(NC(=O)CO/N=C(/[C@@H](OC)C(C)C)[C@@H](O)[C@@H](C)O)cc32)cc1. The van der Waals surface area contributed by atoms with Crippen LogP contribution in [-0.4, -0.2) is 66.9 Å². The first kappa shape index (κ1) is 27.9. The third kappa shape index (κ3) is 6.94. The van der Waals surface area contributed by atoms with Crippen molar-refractivity contribution in [1.82, 2.24) is 0 Å². The summed E-state index contributed by atoms with van der Waals surface area (Å²) >= 11 is 0. The number of ether oxygens (including phenoxy) is 2. The van der Waals surface area contributed by atoms with E-state index in [-0.39, 0.29) is 17.5 Å². The summed E-state index contributed by atoms with van der Waals surface area (Å²) in [5, 5.41) is 29.6. The minimum absolute atomic E-state index is 0.0579. The Kier molecular flexibility index (Phi) is 9.40. The van der Waals surface area contributed by atoms with Crippen molar-refractivity contribution in [1.29, 1.82) is 0 Å². The number of fused-ring (bicyclic) bond motifs is 1. The van der Waals surface area contributed by atoms with Crippen molar-refractivity contribution in [2.75, 3.05) is 31.5 Å². The second-order valence-electron chi connectivity index (χ2n) is 8.97. The van der Waals surface area contributed by atoms with Gasteiger partial charge in [0, 0.05) is 29.6 Å². The van der Waals surface area contributed by atoms with Gasteiger partial charge in [0.25, 0.3) is 11.8 Å². The largest absolute Gasteiger partial charge is 0.497 e. The first-order valence-corrected chi connectivity index (χ1v) is 11.8. The van der Waals surface area contributed by atoms with Crippen molar-refractivity contribution in [3.63, 3.8) is 0 Å². The van der Waals surface area contributed by atoms with Gasteiger partial charge in [-0.1, -0.05) is 31.1 Å². The maximum Gasteiger partial charge on any atom is 0.265 e. The van der Waals surface area contributed by atoms with Crippen molar-refractivity contribution in [3.8, 4) is 5.75 Å². The van der Waals surface area contributed by atoms with Gasteiger partial charge in [0.2, 0.25) is 0 Å². The van der Waals surface area contributed by atoms with Gasteiger partial charge in [-0.15, -0.1) is 0 Å². The molecule has 0 bridgehead atoms. The van der Waals surface area contributed by atoms with Crippen LogP contribution in [0.25, 0.3) is 11.6 Å². The van der Waals surface area contributed by atoms with E-state index in [1.165, 1.54) is 14.0 Å². The number of carbonyl (C=O) groups excluding carboxylic acids is 2. The highest BCUT2D eigenvalue weighted by Gasteiger charge is 2.30. The fraction of sp³-hybridized carbons (Fsp3) is 0.370. The molecule has 2 aromatic carbocycles. The van der Waals surface area contributed by atoms with Gasteiger partial charge in [0.1, 0.15) is 23.7 Å². The van der Waals surface area contributed by atoms with Crippen molar-refractivity contribution < 1.29 is 34.1 Å². The molecule has 0 aromatic heterocycles. The van der Waals surface area contributed by atoms with E-state index in [1.54, 1.807) is 43.5 Å². The molecule has 0 spiro atoms. The smallest absolute Gasteiger partial charge is 0.265 e.